The molecule has 5 aliphatic rings. The van der Waals surface area contributed by atoms with Crippen LogP contribution in [0.1, 0.15) is 127 Å². The van der Waals surface area contributed by atoms with E-state index in [0.29, 0.717) is 53.5 Å². The zero-order valence-corrected chi connectivity index (χ0v) is 27.8. The first-order valence-electron chi connectivity index (χ1n) is 17.0. The summed E-state index contributed by atoms with van der Waals surface area (Å²) >= 11 is 0. The summed E-state index contributed by atoms with van der Waals surface area (Å²) in [4.78, 5) is 40.3. The Bertz CT molecular complexity index is 1120. The van der Waals surface area contributed by atoms with E-state index < -0.39 is 0 Å². The van der Waals surface area contributed by atoms with Crippen LogP contribution in [0.4, 0.5) is 0 Å². The van der Waals surface area contributed by atoms with Crippen LogP contribution in [0.25, 0.3) is 0 Å². The summed E-state index contributed by atoms with van der Waals surface area (Å²) in [5.74, 6) is 3.17. The standard InChI is InChI=1S/C37H58O4/c1-11-21(2)18-28(39)26-19-22(3)23(4)32-25(26)12-16-36(9)27(32)20-29(40)33-35(8)15-14-31(41-24(5)38)34(6,7)30(35)13-17-37(33,36)10/h20-23,25-26,30-33H,11-19H2,1-10H3/t21?,22-,23+,25?,26-,30?,31+,32?,33?,35+,36-,37-/m1/s1. The summed E-state index contributed by atoms with van der Waals surface area (Å²) in [6, 6.07) is 0. The predicted octanol–water partition coefficient (Wildman–Crippen LogP) is 8.62. The van der Waals surface area contributed by atoms with E-state index in [0.717, 1.165) is 51.4 Å². The zero-order valence-electron chi connectivity index (χ0n) is 27.8. The molecule has 4 saturated carbocycles. The first-order chi connectivity index (χ1) is 19.0. The van der Waals surface area contributed by atoms with Gasteiger partial charge in [0.1, 0.15) is 11.9 Å². The fraction of sp³-hybridized carbons (Fsp3) is 0.865. The molecule has 0 aromatic heterocycles. The molecule has 0 amide bonds. The van der Waals surface area contributed by atoms with Crippen molar-refractivity contribution in [3.8, 4) is 0 Å². The molecule has 41 heavy (non-hydrogen) atoms. The van der Waals surface area contributed by atoms with Crippen molar-refractivity contribution in [3.63, 3.8) is 0 Å². The molecule has 0 heterocycles. The number of fused-ring (bicyclic) bond motifs is 7. The van der Waals surface area contributed by atoms with E-state index in [-0.39, 0.29) is 45.6 Å². The second-order valence-electron chi connectivity index (χ2n) is 16.8. The zero-order chi connectivity index (χ0) is 30.3. The Kier molecular flexibility index (Phi) is 7.81. The summed E-state index contributed by atoms with van der Waals surface area (Å²) in [6.07, 6.45) is 10.8. The van der Waals surface area contributed by atoms with E-state index >= 15 is 0 Å². The van der Waals surface area contributed by atoms with Gasteiger partial charge in [0.2, 0.25) is 0 Å². The normalized spacial score (nSPS) is 47.6. The van der Waals surface area contributed by atoms with Crippen molar-refractivity contribution in [1.29, 1.82) is 0 Å². The van der Waals surface area contributed by atoms with Crippen LogP contribution in [0.2, 0.25) is 0 Å². The number of carbonyl (C=O) groups is 3. The second-order valence-corrected chi connectivity index (χ2v) is 16.8. The minimum Gasteiger partial charge on any atom is -0.462 e. The lowest BCUT2D eigenvalue weighted by atomic mass is 9.34. The number of hydrogen-bond acceptors (Lipinski definition) is 4. The minimum atomic E-state index is -0.199. The van der Waals surface area contributed by atoms with Crippen LogP contribution in [-0.2, 0) is 19.1 Å². The Labute approximate surface area is 250 Å². The highest BCUT2D eigenvalue weighted by Gasteiger charge is 2.70. The van der Waals surface area contributed by atoms with E-state index in [2.05, 4.69) is 68.4 Å². The van der Waals surface area contributed by atoms with E-state index in [9.17, 15) is 14.4 Å². The predicted molar refractivity (Wildman–Crippen MR) is 164 cm³/mol. The van der Waals surface area contributed by atoms with Crippen molar-refractivity contribution in [2.45, 2.75) is 133 Å². The molecule has 0 aromatic carbocycles. The van der Waals surface area contributed by atoms with Crippen molar-refractivity contribution < 1.29 is 19.1 Å². The van der Waals surface area contributed by atoms with Crippen molar-refractivity contribution in [2.24, 2.45) is 69.0 Å². The summed E-state index contributed by atoms with van der Waals surface area (Å²) in [5, 5.41) is 0. The highest BCUT2D eigenvalue weighted by atomic mass is 16.5. The Morgan fingerprint density at radius 1 is 1.02 bits per heavy atom. The van der Waals surface area contributed by atoms with E-state index in [1.165, 1.54) is 12.5 Å². The summed E-state index contributed by atoms with van der Waals surface area (Å²) in [7, 11) is 0. The third-order valence-corrected chi connectivity index (χ3v) is 14.6. The average Bonchev–Trinajstić information content (AvgIpc) is 2.88. The number of carbonyl (C=O) groups excluding carboxylic acids is 3. The van der Waals surface area contributed by atoms with Gasteiger partial charge in [0.05, 0.1) is 0 Å². The number of allylic oxidation sites excluding steroid dienone is 2. The van der Waals surface area contributed by atoms with Crippen LogP contribution in [0.5, 0.6) is 0 Å². The molecule has 5 rings (SSSR count). The SMILES string of the molecule is CCC(C)CC(=O)[C@@H]1C[C@@H](C)[C@H](C)C2C3=CC(=O)C4[C@@]5(C)CC[C@H](OC(C)=O)C(C)(C)C5CC[C@@]4(C)[C@]3(C)CCC21. The van der Waals surface area contributed by atoms with E-state index in [1.54, 1.807) is 0 Å². The number of ketones is 2. The van der Waals surface area contributed by atoms with Crippen LogP contribution in [0, 0.1) is 69.0 Å². The number of esters is 1. The lowest BCUT2D eigenvalue weighted by Crippen LogP contribution is -2.66. The number of ether oxygens (including phenoxy) is 1. The monoisotopic (exact) mass is 566 g/mol. The topological polar surface area (TPSA) is 60.4 Å². The lowest BCUT2D eigenvalue weighted by molar-refractivity contribution is -0.209. The fourth-order valence-corrected chi connectivity index (χ4v) is 11.8. The van der Waals surface area contributed by atoms with Crippen LogP contribution in [0.3, 0.4) is 0 Å². The molecule has 4 nitrogen and oxygen atoms in total. The first-order valence-corrected chi connectivity index (χ1v) is 17.0. The third-order valence-electron chi connectivity index (χ3n) is 14.6. The van der Waals surface area contributed by atoms with Gasteiger partial charge in [-0.25, -0.2) is 0 Å². The van der Waals surface area contributed by atoms with Crippen LogP contribution < -0.4 is 0 Å². The van der Waals surface area contributed by atoms with Gasteiger partial charge in [0.25, 0.3) is 0 Å². The average molecular weight is 567 g/mol. The Morgan fingerprint density at radius 2 is 1.71 bits per heavy atom. The smallest absolute Gasteiger partial charge is 0.302 e. The number of rotatable bonds is 5. The summed E-state index contributed by atoms with van der Waals surface area (Å²) in [6.45, 7) is 22.6. The molecule has 0 saturated heterocycles. The van der Waals surface area contributed by atoms with Gasteiger partial charge in [-0.2, -0.15) is 0 Å². The van der Waals surface area contributed by atoms with Gasteiger partial charge in [-0.3, -0.25) is 14.4 Å². The van der Waals surface area contributed by atoms with Gasteiger partial charge in [0, 0.05) is 30.6 Å². The molecular weight excluding hydrogens is 508 g/mol. The largest absolute Gasteiger partial charge is 0.462 e. The maximum absolute atomic E-state index is 14.6. The number of hydrogen-bond donors (Lipinski definition) is 0. The molecule has 12 atom stereocenters. The molecule has 0 aromatic rings. The lowest BCUT2D eigenvalue weighted by Gasteiger charge is -2.70. The Balaban J connectivity index is 1.53. The van der Waals surface area contributed by atoms with Gasteiger partial charge in [-0.15, -0.1) is 0 Å². The van der Waals surface area contributed by atoms with Crippen LogP contribution in [-0.4, -0.2) is 23.6 Å². The van der Waals surface area contributed by atoms with E-state index in [1.807, 2.05) is 0 Å². The number of Topliss-reactive ketones (excluding diaryl/α,β-unsaturated/α-hetero) is 1. The fourth-order valence-electron chi connectivity index (χ4n) is 11.8. The Morgan fingerprint density at radius 3 is 2.34 bits per heavy atom. The minimum absolute atomic E-state index is 0.0178. The van der Waals surface area contributed by atoms with E-state index in [4.69, 9.17) is 4.74 Å². The highest BCUT2D eigenvalue weighted by molar-refractivity contribution is 5.95. The van der Waals surface area contributed by atoms with Gasteiger partial charge < -0.3 is 4.74 Å². The van der Waals surface area contributed by atoms with Crippen molar-refractivity contribution in [2.75, 3.05) is 0 Å². The molecular formula is C37H58O4. The molecule has 0 radical (unpaired) electrons. The van der Waals surface area contributed by atoms with Gasteiger partial charge in [-0.1, -0.05) is 74.3 Å². The molecule has 230 valence electrons. The molecule has 5 unspecified atom stereocenters. The maximum Gasteiger partial charge on any atom is 0.302 e. The maximum atomic E-state index is 14.6. The van der Waals surface area contributed by atoms with Crippen molar-refractivity contribution in [1.82, 2.24) is 0 Å². The van der Waals surface area contributed by atoms with Gasteiger partial charge in [0.15, 0.2) is 5.78 Å². The van der Waals surface area contributed by atoms with Crippen molar-refractivity contribution >= 4 is 17.5 Å². The van der Waals surface area contributed by atoms with Crippen LogP contribution >= 0.6 is 0 Å². The first kappa shape index (κ1) is 31.0. The highest BCUT2D eigenvalue weighted by Crippen LogP contribution is 2.74. The van der Waals surface area contributed by atoms with Gasteiger partial charge in [-0.05, 0) is 103 Å². The summed E-state index contributed by atoms with van der Waals surface area (Å²) < 4.78 is 5.87. The van der Waals surface area contributed by atoms with Crippen LogP contribution in [0.15, 0.2) is 11.6 Å². The molecule has 0 bridgehead atoms. The summed E-state index contributed by atoms with van der Waals surface area (Å²) in [5.41, 5.74) is 0.970. The molecule has 4 heteroatoms. The molecule has 0 spiro atoms. The van der Waals surface area contributed by atoms with Crippen molar-refractivity contribution in [3.05, 3.63) is 11.6 Å². The Hall–Kier alpha value is -1.45. The second kappa shape index (κ2) is 10.3. The molecule has 4 fully saturated rings. The van der Waals surface area contributed by atoms with Gasteiger partial charge >= 0.3 is 5.97 Å². The quantitative estimate of drug-likeness (QED) is 0.313. The molecule has 0 aliphatic heterocycles. The molecule has 5 aliphatic carbocycles. The molecule has 0 N–H and O–H groups in total. The third kappa shape index (κ3) is 4.45.